The lowest BCUT2D eigenvalue weighted by molar-refractivity contribution is -0.125. The minimum absolute atomic E-state index is 0.115. The van der Waals surface area contributed by atoms with Crippen LogP contribution in [0.5, 0.6) is 11.6 Å². The Morgan fingerprint density at radius 1 is 1.18 bits per heavy atom. The number of furan rings is 1. The molecule has 1 saturated heterocycles. The number of nitrogens with one attached hydrogen (secondary N) is 2. The molecule has 0 radical (unpaired) electrons. The van der Waals surface area contributed by atoms with E-state index in [-0.39, 0.29) is 36.6 Å². The van der Waals surface area contributed by atoms with Crippen molar-refractivity contribution in [3.8, 4) is 22.8 Å². The quantitative estimate of drug-likeness (QED) is 0.343. The fraction of sp³-hybridized carbons (Fsp3) is 0.296. The molecule has 1 aromatic carbocycles. The zero-order chi connectivity index (χ0) is 27.5. The van der Waals surface area contributed by atoms with E-state index in [4.69, 9.17) is 18.4 Å². The Hall–Kier alpha value is -4.87. The molecule has 0 unspecified atom stereocenters. The van der Waals surface area contributed by atoms with E-state index in [1.807, 2.05) is 26.0 Å². The van der Waals surface area contributed by atoms with E-state index < -0.39 is 17.5 Å². The standard InChI is InChI=1S/C27H25N5O7/c1-13(2)37-23-21(14(3)39-31-23)17-7-16-8-20(38-22(16)28-10-17)27(25(34)29-26(35)30-27)12-32-11-15-5-6-18(36-4)9-19(15)24(32)33/h5-10,13H,11-12H2,1-4H3,(H2,29,30,34,35)/t27-/m0/s1. The number of aromatic nitrogens is 2. The van der Waals surface area contributed by atoms with Crippen molar-refractivity contribution in [2.75, 3.05) is 13.7 Å². The van der Waals surface area contributed by atoms with E-state index >= 15 is 0 Å². The number of nitrogens with zero attached hydrogens (tertiary/aromatic N) is 3. The van der Waals surface area contributed by atoms with Crippen molar-refractivity contribution in [2.24, 2.45) is 0 Å². The Balaban J connectivity index is 1.38. The summed E-state index contributed by atoms with van der Waals surface area (Å²) in [6, 6.07) is 8.01. The molecule has 4 amide bonds. The summed E-state index contributed by atoms with van der Waals surface area (Å²) < 4.78 is 22.4. The highest BCUT2D eigenvalue weighted by Gasteiger charge is 2.53. The Morgan fingerprint density at radius 2 is 2.00 bits per heavy atom. The molecule has 3 aromatic heterocycles. The summed E-state index contributed by atoms with van der Waals surface area (Å²) in [6.07, 6.45) is 1.48. The highest BCUT2D eigenvalue weighted by atomic mass is 16.5. The van der Waals surface area contributed by atoms with Gasteiger partial charge in [-0.3, -0.25) is 14.9 Å². The average molecular weight is 532 g/mol. The first-order chi connectivity index (χ1) is 18.7. The molecular weight excluding hydrogens is 506 g/mol. The first kappa shape index (κ1) is 24.5. The van der Waals surface area contributed by atoms with Crippen molar-refractivity contribution in [3.63, 3.8) is 0 Å². The topological polar surface area (TPSA) is 149 Å². The van der Waals surface area contributed by atoms with Crippen molar-refractivity contribution in [3.05, 3.63) is 59.2 Å². The molecule has 2 aliphatic rings. The van der Waals surface area contributed by atoms with E-state index in [1.54, 1.807) is 31.3 Å². The highest BCUT2D eigenvalue weighted by molar-refractivity contribution is 6.08. The average Bonchev–Trinajstić information content (AvgIpc) is 3.63. The molecule has 12 nitrogen and oxygen atoms in total. The maximum atomic E-state index is 13.3. The van der Waals surface area contributed by atoms with E-state index in [2.05, 4.69) is 20.8 Å². The summed E-state index contributed by atoms with van der Waals surface area (Å²) in [5.41, 5.74) is 1.20. The number of ether oxygens (including phenoxy) is 2. The monoisotopic (exact) mass is 531 g/mol. The van der Waals surface area contributed by atoms with Crippen molar-refractivity contribution in [2.45, 2.75) is 39.0 Å². The fourth-order valence-corrected chi connectivity index (χ4v) is 5.00. The van der Waals surface area contributed by atoms with Crippen LogP contribution in [0.2, 0.25) is 0 Å². The lowest BCUT2D eigenvalue weighted by Crippen LogP contribution is -2.52. The molecule has 0 saturated carbocycles. The molecule has 39 heavy (non-hydrogen) atoms. The summed E-state index contributed by atoms with van der Waals surface area (Å²) in [7, 11) is 1.52. The minimum Gasteiger partial charge on any atom is -0.497 e. The Labute approximate surface area is 222 Å². The maximum Gasteiger partial charge on any atom is 0.322 e. The third-order valence-corrected chi connectivity index (χ3v) is 6.83. The first-order valence-electron chi connectivity index (χ1n) is 12.3. The predicted molar refractivity (Wildman–Crippen MR) is 136 cm³/mol. The van der Waals surface area contributed by atoms with E-state index in [0.717, 1.165) is 5.56 Å². The molecule has 0 aliphatic carbocycles. The SMILES string of the molecule is COc1ccc2c(c1)C(=O)N(C[C@@]1(c3cc4cc(-c5c(OC(C)C)noc5C)cnc4o3)NC(=O)NC1=O)C2. The summed E-state index contributed by atoms with van der Waals surface area (Å²) in [5, 5.41) is 9.55. The number of methoxy groups -OCH3 is 1. The van der Waals surface area contributed by atoms with Gasteiger partial charge in [0.25, 0.3) is 17.7 Å². The molecule has 2 aliphatic heterocycles. The van der Waals surface area contributed by atoms with Crippen molar-refractivity contribution in [1.29, 1.82) is 0 Å². The molecule has 4 aromatic rings. The van der Waals surface area contributed by atoms with Gasteiger partial charge in [-0.15, -0.1) is 0 Å². The molecule has 6 rings (SSSR count). The summed E-state index contributed by atoms with van der Waals surface area (Å²) in [6.45, 7) is 5.66. The van der Waals surface area contributed by atoms with Gasteiger partial charge in [0.05, 0.1) is 25.3 Å². The zero-order valence-corrected chi connectivity index (χ0v) is 21.7. The number of fused-ring (bicyclic) bond motifs is 2. The van der Waals surface area contributed by atoms with E-state index in [9.17, 15) is 14.4 Å². The van der Waals surface area contributed by atoms with Crippen LogP contribution in [0.3, 0.4) is 0 Å². The Morgan fingerprint density at radius 3 is 2.72 bits per heavy atom. The van der Waals surface area contributed by atoms with Crippen LogP contribution in [0.15, 0.2) is 45.5 Å². The van der Waals surface area contributed by atoms with Crippen LogP contribution in [0, 0.1) is 6.92 Å². The number of amides is 4. The summed E-state index contributed by atoms with van der Waals surface area (Å²) in [4.78, 5) is 44.8. The van der Waals surface area contributed by atoms with Gasteiger partial charge in [0, 0.05) is 29.3 Å². The fourth-order valence-electron chi connectivity index (χ4n) is 5.00. The number of carbonyl (C=O) groups is 3. The molecule has 0 bridgehead atoms. The number of hydrogen-bond acceptors (Lipinski definition) is 9. The molecule has 1 atom stereocenters. The maximum absolute atomic E-state index is 13.3. The van der Waals surface area contributed by atoms with Gasteiger partial charge in [-0.25, -0.2) is 9.78 Å². The largest absolute Gasteiger partial charge is 0.497 e. The normalized spacial score (nSPS) is 18.6. The number of aryl methyl sites for hydroxylation is 1. The van der Waals surface area contributed by atoms with Crippen LogP contribution in [0.4, 0.5) is 4.79 Å². The van der Waals surface area contributed by atoms with Gasteiger partial charge < -0.3 is 28.6 Å². The molecule has 200 valence electrons. The first-order valence-corrected chi connectivity index (χ1v) is 12.3. The number of rotatable bonds is 7. The van der Waals surface area contributed by atoms with Crippen LogP contribution < -0.4 is 20.1 Å². The van der Waals surface area contributed by atoms with Crippen LogP contribution in [0.1, 0.15) is 41.3 Å². The number of imide groups is 1. The van der Waals surface area contributed by atoms with Gasteiger partial charge in [-0.2, -0.15) is 0 Å². The third-order valence-electron chi connectivity index (χ3n) is 6.83. The van der Waals surface area contributed by atoms with Crippen LogP contribution in [-0.4, -0.2) is 52.6 Å². The third kappa shape index (κ3) is 3.95. The van der Waals surface area contributed by atoms with E-state index in [1.165, 1.54) is 12.0 Å². The van der Waals surface area contributed by atoms with Gasteiger partial charge in [0.15, 0.2) is 5.54 Å². The smallest absolute Gasteiger partial charge is 0.322 e. The summed E-state index contributed by atoms with van der Waals surface area (Å²) >= 11 is 0. The highest BCUT2D eigenvalue weighted by Crippen LogP contribution is 2.38. The molecule has 2 N–H and O–H groups in total. The Bertz CT molecular complexity index is 1660. The number of benzene rings is 1. The second-order valence-electron chi connectivity index (χ2n) is 9.81. The van der Waals surface area contributed by atoms with Crippen LogP contribution in [0.25, 0.3) is 22.2 Å². The Kier molecular flexibility index (Phi) is 5.56. The van der Waals surface area contributed by atoms with Crippen LogP contribution in [-0.2, 0) is 16.9 Å². The van der Waals surface area contributed by atoms with Crippen LogP contribution >= 0.6 is 0 Å². The lowest BCUT2D eigenvalue weighted by atomic mass is 9.95. The van der Waals surface area contributed by atoms with E-state index in [0.29, 0.717) is 39.5 Å². The van der Waals surface area contributed by atoms with Crippen molar-refractivity contribution in [1.82, 2.24) is 25.7 Å². The number of hydrogen-bond donors (Lipinski definition) is 2. The number of carbonyl (C=O) groups excluding carboxylic acids is 3. The lowest BCUT2D eigenvalue weighted by Gasteiger charge is -2.28. The molecule has 0 spiro atoms. The predicted octanol–water partition coefficient (Wildman–Crippen LogP) is 3.28. The van der Waals surface area contributed by atoms with Crippen molar-refractivity contribution >= 4 is 28.9 Å². The van der Waals surface area contributed by atoms with Gasteiger partial charge >= 0.3 is 6.03 Å². The second kappa shape index (κ2) is 8.86. The van der Waals surface area contributed by atoms with Gasteiger partial charge in [0.1, 0.15) is 17.3 Å². The number of urea groups is 1. The van der Waals surface area contributed by atoms with Gasteiger partial charge in [-0.1, -0.05) is 6.07 Å². The number of pyridine rings is 1. The molecule has 12 heteroatoms. The summed E-state index contributed by atoms with van der Waals surface area (Å²) in [5.74, 6) is 0.681. The molecule has 1 fully saturated rings. The second-order valence-corrected chi connectivity index (χ2v) is 9.81. The zero-order valence-electron chi connectivity index (χ0n) is 21.7. The minimum atomic E-state index is -1.65. The van der Waals surface area contributed by atoms with Gasteiger partial charge in [-0.05, 0) is 55.8 Å². The molecular formula is C27H25N5O7. The van der Waals surface area contributed by atoms with Gasteiger partial charge in [0.2, 0.25) is 5.71 Å². The molecule has 5 heterocycles. The van der Waals surface area contributed by atoms with Crippen molar-refractivity contribution < 1.29 is 32.8 Å².